The Bertz CT molecular complexity index is 1020. The molecule has 4 rings (SSSR count). The van der Waals surface area contributed by atoms with Gasteiger partial charge in [-0.2, -0.15) is 5.10 Å². The van der Waals surface area contributed by atoms with E-state index >= 15 is 0 Å². The molecular formula is C20H15BrN2O. The molecule has 1 aromatic heterocycles. The molecule has 0 aliphatic carbocycles. The van der Waals surface area contributed by atoms with Crippen molar-refractivity contribution in [2.45, 2.75) is 0 Å². The van der Waals surface area contributed by atoms with E-state index in [0.29, 0.717) is 0 Å². The van der Waals surface area contributed by atoms with Gasteiger partial charge in [-0.1, -0.05) is 52.3 Å². The number of rotatable bonds is 3. The van der Waals surface area contributed by atoms with Crippen molar-refractivity contribution in [3.63, 3.8) is 0 Å². The third kappa shape index (κ3) is 2.49. The zero-order valence-electron chi connectivity index (χ0n) is 13.1. The summed E-state index contributed by atoms with van der Waals surface area (Å²) in [6.07, 6.45) is 1.87. The fourth-order valence-corrected chi connectivity index (χ4v) is 3.43. The number of aromatic amines is 1. The summed E-state index contributed by atoms with van der Waals surface area (Å²) in [5, 5.41) is 9.67. The number of aromatic nitrogens is 2. The summed E-state index contributed by atoms with van der Waals surface area (Å²) in [4.78, 5) is 0. The van der Waals surface area contributed by atoms with E-state index in [2.05, 4.69) is 56.5 Å². The number of hydrogen-bond acceptors (Lipinski definition) is 2. The maximum absolute atomic E-state index is 5.50. The lowest BCUT2D eigenvalue weighted by molar-refractivity contribution is 0.420. The minimum Gasteiger partial charge on any atom is -0.496 e. The zero-order valence-corrected chi connectivity index (χ0v) is 14.7. The van der Waals surface area contributed by atoms with Gasteiger partial charge in [0.1, 0.15) is 5.75 Å². The van der Waals surface area contributed by atoms with Crippen LogP contribution in [-0.4, -0.2) is 17.3 Å². The molecule has 1 N–H and O–H groups in total. The quantitative estimate of drug-likeness (QED) is 0.498. The SMILES string of the molecule is COc1ccc(-c2[nH]ncc2-c2cccc(Br)c2)c2ccccc12. The average molecular weight is 379 g/mol. The van der Waals surface area contributed by atoms with E-state index in [0.717, 1.165) is 43.4 Å². The summed E-state index contributed by atoms with van der Waals surface area (Å²) in [5.74, 6) is 0.873. The molecule has 0 radical (unpaired) electrons. The molecule has 0 saturated carbocycles. The highest BCUT2D eigenvalue weighted by Crippen LogP contribution is 2.38. The van der Waals surface area contributed by atoms with Crippen LogP contribution >= 0.6 is 15.9 Å². The Morgan fingerprint density at radius 3 is 2.54 bits per heavy atom. The van der Waals surface area contributed by atoms with Gasteiger partial charge in [0, 0.05) is 21.0 Å². The number of H-pyrrole nitrogens is 1. The number of methoxy groups -OCH3 is 1. The first kappa shape index (κ1) is 15.0. The normalized spacial score (nSPS) is 10.9. The molecule has 4 aromatic rings. The van der Waals surface area contributed by atoms with Gasteiger partial charge in [0.05, 0.1) is 19.0 Å². The summed E-state index contributed by atoms with van der Waals surface area (Å²) >= 11 is 3.54. The second kappa shape index (κ2) is 6.13. The van der Waals surface area contributed by atoms with E-state index in [4.69, 9.17) is 4.74 Å². The van der Waals surface area contributed by atoms with Crippen LogP contribution in [0.1, 0.15) is 0 Å². The number of fused-ring (bicyclic) bond motifs is 1. The summed E-state index contributed by atoms with van der Waals surface area (Å²) in [6.45, 7) is 0. The molecule has 0 amide bonds. The number of nitrogens with one attached hydrogen (secondary N) is 1. The van der Waals surface area contributed by atoms with E-state index in [-0.39, 0.29) is 0 Å². The molecule has 0 bridgehead atoms. The third-order valence-corrected chi connectivity index (χ3v) is 4.64. The largest absolute Gasteiger partial charge is 0.496 e. The fraction of sp³-hybridized carbons (Fsp3) is 0.0500. The van der Waals surface area contributed by atoms with Crippen LogP contribution in [0.15, 0.2) is 71.3 Å². The van der Waals surface area contributed by atoms with Gasteiger partial charge in [0.15, 0.2) is 0 Å². The standard InChI is InChI=1S/C20H15BrN2O/c1-24-19-10-9-17(15-7-2-3-8-16(15)19)20-18(12-22-23-20)13-5-4-6-14(21)11-13/h2-12H,1H3,(H,22,23). The number of ether oxygens (including phenoxy) is 1. The van der Waals surface area contributed by atoms with Crippen molar-refractivity contribution >= 4 is 26.7 Å². The van der Waals surface area contributed by atoms with Gasteiger partial charge in [0.25, 0.3) is 0 Å². The zero-order chi connectivity index (χ0) is 16.5. The molecular weight excluding hydrogens is 364 g/mol. The molecule has 1 heterocycles. The highest BCUT2D eigenvalue weighted by Gasteiger charge is 2.14. The molecule has 0 fully saturated rings. The maximum atomic E-state index is 5.50. The average Bonchev–Trinajstić information content (AvgIpc) is 3.10. The number of nitrogens with zero attached hydrogens (tertiary/aromatic N) is 1. The highest BCUT2D eigenvalue weighted by atomic mass is 79.9. The molecule has 0 aliphatic rings. The van der Waals surface area contributed by atoms with Gasteiger partial charge < -0.3 is 4.74 Å². The van der Waals surface area contributed by atoms with Crippen molar-refractivity contribution in [3.05, 3.63) is 71.3 Å². The van der Waals surface area contributed by atoms with Crippen LogP contribution in [-0.2, 0) is 0 Å². The minimum absolute atomic E-state index is 0.873. The van der Waals surface area contributed by atoms with Gasteiger partial charge in [0.2, 0.25) is 0 Å². The minimum atomic E-state index is 0.873. The summed E-state index contributed by atoms with van der Waals surface area (Å²) < 4.78 is 6.55. The first-order chi connectivity index (χ1) is 11.8. The van der Waals surface area contributed by atoms with Crippen molar-refractivity contribution in [1.29, 1.82) is 0 Å². The van der Waals surface area contributed by atoms with E-state index in [1.165, 1.54) is 0 Å². The lowest BCUT2D eigenvalue weighted by Crippen LogP contribution is -1.89. The smallest absolute Gasteiger partial charge is 0.126 e. The first-order valence-electron chi connectivity index (χ1n) is 7.63. The number of halogens is 1. The van der Waals surface area contributed by atoms with E-state index in [1.54, 1.807) is 7.11 Å². The second-order valence-corrected chi connectivity index (χ2v) is 6.45. The Hall–Kier alpha value is -2.59. The predicted molar refractivity (Wildman–Crippen MR) is 101 cm³/mol. The Balaban J connectivity index is 1.96. The molecule has 3 nitrogen and oxygen atoms in total. The molecule has 0 spiro atoms. The van der Waals surface area contributed by atoms with Crippen molar-refractivity contribution in [1.82, 2.24) is 10.2 Å². The van der Waals surface area contributed by atoms with Crippen LogP contribution in [0.25, 0.3) is 33.2 Å². The predicted octanol–water partition coefficient (Wildman–Crippen LogP) is 5.67. The third-order valence-electron chi connectivity index (χ3n) is 4.15. The van der Waals surface area contributed by atoms with Crippen molar-refractivity contribution < 1.29 is 4.74 Å². The van der Waals surface area contributed by atoms with Gasteiger partial charge in [-0.15, -0.1) is 0 Å². The molecule has 3 aromatic carbocycles. The number of hydrogen-bond donors (Lipinski definition) is 1. The van der Waals surface area contributed by atoms with Crippen LogP contribution in [0.5, 0.6) is 5.75 Å². The van der Waals surface area contributed by atoms with Crippen molar-refractivity contribution in [2.75, 3.05) is 7.11 Å². The Morgan fingerprint density at radius 1 is 0.917 bits per heavy atom. The molecule has 4 heteroatoms. The van der Waals surface area contributed by atoms with Crippen molar-refractivity contribution in [3.8, 4) is 28.1 Å². The molecule has 0 aliphatic heterocycles. The molecule has 0 saturated heterocycles. The molecule has 0 unspecified atom stereocenters. The Morgan fingerprint density at radius 2 is 1.75 bits per heavy atom. The second-order valence-electron chi connectivity index (χ2n) is 5.53. The molecule has 118 valence electrons. The highest BCUT2D eigenvalue weighted by molar-refractivity contribution is 9.10. The summed E-state index contributed by atoms with van der Waals surface area (Å²) in [6, 6.07) is 20.6. The summed E-state index contributed by atoms with van der Waals surface area (Å²) in [5.41, 5.74) is 4.31. The van der Waals surface area contributed by atoms with Gasteiger partial charge in [-0.25, -0.2) is 0 Å². The fourth-order valence-electron chi connectivity index (χ4n) is 3.03. The van der Waals surface area contributed by atoms with Crippen LogP contribution < -0.4 is 4.74 Å². The molecule has 24 heavy (non-hydrogen) atoms. The first-order valence-corrected chi connectivity index (χ1v) is 8.42. The van der Waals surface area contributed by atoms with Crippen LogP contribution in [0.2, 0.25) is 0 Å². The lowest BCUT2D eigenvalue weighted by atomic mass is 9.97. The van der Waals surface area contributed by atoms with E-state index < -0.39 is 0 Å². The van der Waals surface area contributed by atoms with Gasteiger partial charge in [-0.05, 0) is 35.2 Å². The van der Waals surface area contributed by atoms with Crippen LogP contribution in [0.4, 0.5) is 0 Å². The van der Waals surface area contributed by atoms with E-state index in [9.17, 15) is 0 Å². The van der Waals surface area contributed by atoms with Gasteiger partial charge in [-0.3, -0.25) is 5.10 Å². The van der Waals surface area contributed by atoms with E-state index in [1.807, 2.05) is 36.5 Å². The maximum Gasteiger partial charge on any atom is 0.126 e. The Kier molecular flexibility index (Phi) is 3.82. The summed E-state index contributed by atoms with van der Waals surface area (Å²) in [7, 11) is 1.70. The molecule has 0 atom stereocenters. The lowest BCUT2D eigenvalue weighted by Gasteiger charge is -2.11. The van der Waals surface area contributed by atoms with Crippen LogP contribution in [0, 0.1) is 0 Å². The van der Waals surface area contributed by atoms with Crippen LogP contribution in [0.3, 0.4) is 0 Å². The monoisotopic (exact) mass is 378 g/mol. The topological polar surface area (TPSA) is 37.9 Å². The number of benzene rings is 3. The Labute approximate surface area is 148 Å². The van der Waals surface area contributed by atoms with Gasteiger partial charge >= 0.3 is 0 Å². The van der Waals surface area contributed by atoms with Crippen molar-refractivity contribution in [2.24, 2.45) is 0 Å².